The fourth-order valence-corrected chi connectivity index (χ4v) is 1.46. The fraction of sp³-hybridized carbons (Fsp3) is 0.0769. The molecule has 0 radical (unpaired) electrons. The smallest absolute Gasteiger partial charge is 0.269 e. The summed E-state index contributed by atoms with van der Waals surface area (Å²) in [5.74, 6) is -0.977. The first-order valence-electron chi connectivity index (χ1n) is 6.02. The van der Waals surface area contributed by atoms with E-state index in [0.717, 1.165) is 0 Å². The number of amidine groups is 1. The van der Waals surface area contributed by atoms with Crippen LogP contribution < -0.4 is 11.1 Å². The molecule has 1 amide bonds. The lowest BCUT2D eigenvalue weighted by molar-refractivity contribution is -0.118. The molecule has 0 saturated heterocycles. The molecule has 2 heterocycles. The molecule has 2 aromatic heterocycles. The molecule has 0 saturated carbocycles. The zero-order chi connectivity index (χ0) is 15.1. The molecule has 108 valence electrons. The average Bonchev–Trinajstić information content (AvgIpc) is 2.91. The van der Waals surface area contributed by atoms with Crippen molar-refractivity contribution in [1.29, 1.82) is 0 Å². The first-order valence-corrected chi connectivity index (χ1v) is 6.02. The Balaban J connectivity index is 1.88. The summed E-state index contributed by atoms with van der Waals surface area (Å²) in [4.78, 5) is 18.7. The van der Waals surface area contributed by atoms with Gasteiger partial charge in [-0.1, -0.05) is 0 Å². The molecule has 0 aliphatic heterocycles. The van der Waals surface area contributed by atoms with Crippen molar-refractivity contribution in [3.63, 3.8) is 0 Å². The van der Waals surface area contributed by atoms with Crippen LogP contribution in [0.25, 0.3) is 0 Å². The van der Waals surface area contributed by atoms with Gasteiger partial charge in [0.05, 0.1) is 0 Å². The number of hydrogen-bond donors (Lipinski definition) is 2. The molecule has 0 bridgehead atoms. The number of nitrogens with zero attached hydrogens (tertiary/aromatic N) is 4. The summed E-state index contributed by atoms with van der Waals surface area (Å²) < 4.78 is 14.3. The van der Waals surface area contributed by atoms with Gasteiger partial charge in [0.25, 0.3) is 5.91 Å². The van der Waals surface area contributed by atoms with Crippen LogP contribution in [0.4, 0.5) is 10.1 Å². The van der Waals surface area contributed by atoms with Crippen molar-refractivity contribution >= 4 is 17.4 Å². The Morgan fingerprint density at radius 2 is 2.38 bits per heavy atom. The minimum absolute atomic E-state index is 0.0184. The maximum absolute atomic E-state index is 12.8. The van der Waals surface area contributed by atoms with Crippen LogP contribution in [0.2, 0.25) is 0 Å². The van der Waals surface area contributed by atoms with Crippen molar-refractivity contribution in [1.82, 2.24) is 14.8 Å². The van der Waals surface area contributed by atoms with E-state index in [0.29, 0.717) is 5.69 Å². The molecule has 8 heteroatoms. The Labute approximate surface area is 120 Å². The van der Waals surface area contributed by atoms with E-state index in [1.165, 1.54) is 29.2 Å². The summed E-state index contributed by atoms with van der Waals surface area (Å²) >= 11 is 0. The largest absolute Gasteiger partial charge is 0.384 e. The van der Waals surface area contributed by atoms with E-state index in [2.05, 4.69) is 20.4 Å². The van der Waals surface area contributed by atoms with Crippen molar-refractivity contribution in [2.45, 2.75) is 6.54 Å². The maximum Gasteiger partial charge on any atom is 0.269 e. The molecule has 2 rings (SSSR count). The van der Waals surface area contributed by atoms with Crippen molar-refractivity contribution in [3.8, 4) is 0 Å². The van der Waals surface area contributed by atoms with Gasteiger partial charge in [-0.25, -0.2) is 4.98 Å². The third kappa shape index (κ3) is 4.86. The van der Waals surface area contributed by atoms with E-state index in [4.69, 9.17) is 5.73 Å². The molecule has 0 atom stereocenters. The van der Waals surface area contributed by atoms with Gasteiger partial charge >= 0.3 is 0 Å². The number of hydrogen-bond acceptors (Lipinski definition) is 4. The van der Waals surface area contributed by atoms with Crippen LogP contribution in [0.1, 0.15) is 0 Å². The highest BCUT2D eigenvalue weighted by molar-refractivity contribution is 5.99. The standard InChI is InChI=1S/C13H13FN6O/c14-11-8-10(2-5-17-11)16-6-3-12(15)19-13(21)9-20-7-1-4-18-20/h1-8H,9H2,(H,16,17)(H2,15,19,21)/b6-3-. The zero-order valence-electron chi connectivity index (χ0n) is 11.0. The van der Waals surface area contributed by atoms with Crippen LogP contribution in [0.15, 0.2) is 54.1 Å². The normalized spacial score (nSPS) is 11.8. The predicted octanol–water partition coefficient (Wildman–Crippen LogP) is 0.927. The topological polar surface area (TPSA) is 98.2 Å². The SMILES string of the molecule is NC(/C=C\Nc1ccnc(F)c1)=NC(=O)Cn1cccn1. The second-order valence-electron chi connectivity index (χ2n) is 3.98. The molecule has 3 N–H and O–H groups in total. The van der Waals surface area contributed by atoms with Crippen LogP contribution >= 0.6 is 0 Å². The first-order chi connectivity index (χ1) is 10.1. The average molecular weight is 288 g/mol. The summed E-state index contributed by atoms with van der Waals surface area (Å²) in [6, 6.07) is 4.52. The summed E-state index contributed by atoms with van der Waals surface area (Å²) in [7, 11) is 0. The van der Waals surface area contributed by atoms with Gasteiger partial charge in [-0.15, -0.1) is 0 Å². The van der Waals surface area contributed by atoms with Gasteiger partial charge in [0.15, 0.2) is 0 Å². The van der Waals surface area contributed by atoms with E-state index in [1.54, 1.807) is 24.5 Å². The van der Waals surface area contributed by atoms with Crippen LogP contribution in [0.3, 0.4) is 0 Å². The number of pyridine rings is 1. The van der Waals surface area contributed by atoms with Crippen LogP contribution in [-0.4, -0.2) is 26.5 Å². The van der Waals surface area contributed by atoms with Gasteiger partial charge in [0, 0.05) is 36.5 Å². The molecule has 0 aromatic carbocycles. The number of nitrogens with two attached hydrogens (primary N) is 1. The van der Waals surface area contributed by atoms with E-state index >= 15 is 0 Å². The monoisotopic (exact) mass is 288 g/mol. The van der Waals surface area contributed by atoms with E-state index in [9.17, 15) is 9.18 Å². The van der Waals surface area contributed by atoms with Gasteiger partial charge in [-0.2, -0.15) is 14.5 Å². The number of amides is 1. The van der Waals surface area contributed by atoms with Gasteiger partial charge in [0.1, 0.15) is 12.4 Å². The summed E-state index contributed by atoms with van der Waals surface area (Å²) in [6.45, 7) is 0.0184. The second-order valence-corrected chi connectivity index (χ2v) is 3.98. The molecule has 0 fully saturated rings. The molecule has 0 unspecified atom stereocenters. The van der Waals surface area contributed by atoms with Crippen LogP contribution in [0, 0.1) is 5.95 Å². The van der Waals surface area contributed by atoms with Crippen LogP contribution in [-0.2, 0) is 11.3 Å². The number of aromatic nitrogens is 3. The van der Waals surface area contributed by atoms with E-state index in [1.807, 2.05) is 0 Å². The van der Waals surface area contributed by atoms with E-state index < -0.39 is 11.9 Å². The number of halogens is 1. The van der Waals surface area contributed by atoms with Crippen LogP contribution in [0.5, 0.6) is 0 Å². The molecule has 0 aliphatic rings. The molecule has 0 spiro atoms. The molecular formula is C13H13FN6O. The Morgan fingerprint density at radius 1 is 1.52 bits per heavy atom. The van der Waals surface area contributed by atoms with Crippen molar-refractivity contribution < 1.29 is 9.18 Å². The predicted molar refractivity (Wildman–Crippen MR) is 75.8 cm³/mol. The Morgan fingerprint density at radius 3 is 3.10 bits per heavy atom. The Bertz CT molecular complexity index is 665. The third-order valence-corrected chi connectivity index (χ3v) is 2.34. The molecule has 2 aromatic rings. The summed E-state index contributed by atoms with van der Waals surface area (Å²) in [5.41, 5.74) is 6.09. The number of anilines is 1. The van der Waals surface area contributed by atoms with E-state index in [-0.39, 0.29) is 12.4 Å². The number of carbonyl (C=O) groups is 1. The van der Waals surface area contributed by atoms with Gasteiger partial charge < -0.3 is 11.1 Å². The highest BCUT2D eigenvalue weighted by Crippen LogP contribution is 2.05. The maximum atomic E-state index is 12.8. The highest BCUT2D eigenvalue weighted by atomic mass is 19.1. The number of nitrogens with one attached hydrogen (secondary N) is 1. The quantitative estimate of drug-likeness (QED) is 0.484. The molecule has 7 nitrogen and oxygen atoms in total. The zero-order valence-corrected chi connectivity index (χ0v) is 11.0. The van der Waals surface area contributed by atoms with Gasteiger partial charge in [-0.05, 0) is 18.2 Å². The summed E-state index contributed by atoms with van der Waals surface area (Å²) in [5, 5.41) is 6.67. The van der Waals surface area contributed by atoms with Gasteiger partial charge in [-0.3, -0.25) is 9.48 Å². The van der Waals surface area contributed by atoms with Crippen molar-refractivity contribution in [2.75, 3.05) is 5.32 Å². The lowest BCUT2D eigenvalue weighted by Gasteiger charge is -1.99. The fourth-order valence-electron chi connectivity index (χ4n) is 1.46. The second kappa shape index (κ2) is 6.94. The van der Waals surface area contributed by atoms with Crippen molar-refractivity contribution in [3.05, 3.63) is 55.0 Å². The first kappa shape index (κ1) is 14.4. The number of aliphatic imine (C=N–C) groups is 1. The molecule has 0 aliphatic carbocycles. The van der Waals surface area contributed by atoms with Gasteiger partial charge in [0.2, 0.25) is 5.95 Å². The minimum atomic E-state index is -0.593. The minimum Gasteiger partial charge on any atom is -0.384 e. The Hall–Kier alpha value is -3.03. The summed E-state index contributed by atoms with van der Waals surface area (Å²) in [6.07, 6.45) is 7.40. The lowest BCUT2D eigenvalue weighted by atomic mass is 10.4. The lowest BCUT2D eigenvalue weighted by Crippen LogP contribution is -2.15. The Kier molecular flexibility index (Phi) is 4.75. The van der Waals surface area contributed by atoms with Crippen molar-refractivity contribution in [2.24, 2.45) is 10.7 Å². The number of rotatable bonds is 5. The molecular weight excluding hydrogens is 275 g/mol. The number of carbonyl (C=O) groups excluding carboxylic acids is 1. The highest BCUT2D eigenvalue weighted by Gasteiger charge is 2.01. The third-order valence-electron chi connectivity index (χ3n) is 2.34. The molecule has 21 heavy (non-hydrogen) atoms.